The molecular weight excluding hydrogens is 324 g/mol. The maximum absolute atomic E-state index is 12.7. The molecule has 0 spiro atoms. The minimum Gasteiger partial charge on any atom is -0.465 e. The predicted molar refractivity (Wildman–Crippen MR) is 93.3 cm³/mol. The lowest BCUT2D eigenvalue weighted by molar-refractivity contribution is 0.170. The van der Waals surface area contributed by atoms with E-state index in [2.05, 4.69) is 11.8 Å². The van der Waals surface area contributed by atoms with Gasteiger partial charge in [-0.15, -0.1) is 0 Å². The van der Waals surface area contributed by atoms with Crippen molar-refractivity contribution < 1.29 is 12.8 Å². The van der Waals surface area contributed by atoms with Crippen molar-refractivity contribution in [3.8, 4) is 0 Å². The van der Waals surface area contributed by atoms with Gasteiger partial charge in [-0.3, -0.25) is 4.90 Å². The summed E-state index contributed by atoms with van der Waals surface area (Å²) in [5.74, 6) is 1.83. The summed E-state index contributed by atoms with van der Waals surface area (Å²) in [6, 6.07) is 11.1. The first-order chi connectivity index (χ1) is 11.5. The summed E-state index contributed by atoms with van der Waals surface area (Å²) in [4.78, 5) is 2.61. The number of rotatable bonds is 5. The fourth-order valence-electron chi connectivity index (χ4n) is 2.96. The largest absolute Gasteiger partial charge is 0.465 e. The molecule has 0 aliphatic carbocycles. The van der Waals surface area contributed by atoms with Crippen LogP contribution in [0.25, 0.3) is 0 Å². The van der Waals surface area contributed by atoms with Gasteiger partial charge in [0.15, 0.2) is 0 Å². The van der Waals surface area contributed by atoms with E-state index in [1.165, 1.54) is 0 Å². The number of benzene rings is 1. The van der Waals surface area contributed by atoms with Crippen molar-refractivity contribution in [1.29, 1.82) is 0 Å². The number of furan rings is 1. The summed E-state index contributed by atoms with van der Waals surface area (Å²) in [5.41, 5.74) is 1.15. The second-order valence-corrected chi connectivity index (χ2v) is 8.13. The van der Waals surface area contributed by atoms with Crippen LogP contribution in [0.5, 0.6) is 0 Å². The van der Waals surface area contributed by atoms with Crippen LogP contribution < -0.4 is 0 Å². The van der Waals surface area contributed by atoms with E-state index < -0.39 is 10.0 Å². The van der Waals surface area contributed by atoms with Gasteiger partial charge in [0.2, 0.25) is 10.0 Å². The number of hydrogen-bond donors (Lipinski definition) is 0. The minimum absolute atomic E-state index is 0.384. The smallest absolute Gasteiger partial charge is 0.243 e. The molecular formula is C18H24N2O3S. The van der Waals surface area contributed by atoms with Crippen LogP contribution in [0.3, 0.4) is 0 Å². The van der Waals surface area contributed by atoms with Gasteiger partial charge in [-0.1, -0.05) is 19.1 Å². The van der Waals surface area contributed by atoms with E-state index >= 15 is 0 Å². The lowest BCUT2D eigenvalue weighted by atomic mass is 10.2. The summed E-state index contributed by atoms with van der Waals surface area (Å²) in [7, 11) is -3.40. The molecule has 0 radical (unpaired) electrons. The van der Waals surface area contributed by atoms with Crippen molar-refractivity contribution in [3.05, 3.63) is 53.5 Å². The zero-order valence-corrected chi connectivity index (χ0v) is 15.1. The molecule has 6 heteroatoms. The average Bonchev–Trinajstić information content (AvgIpc) is 3.00. The average molecular weight is 348 g/mol. The molecule has 0 atom stereocenters. The zero-order chi connectivity index (χ0) is 17.2. The Bertz CT molecular complexity index is 773. The molecule has 0 bridgehead atoms. The highest BCUT2D eigenvalue weighted by atomic mass is 32.2. The van der Waals surface area contributed by atoms with Crippen LogP contribution >= 0.6 is 0 Å². The third-order valence-corrected chi connectivity index (χ3v) is 6.39. The molecule has 24 heavy (non-hydrogen) atoms. The highest BCUT2D eigenvalue weighted by Gasteiger charge is 2.28. The number of piperazine rings is 1. The summed E-state index contributed by atoms with van der Waals surface area (Å²) in [5, 5.41) is 0. The van der Waals surface area contributed by atoms with Crippen LogP contribution in [0.4, 0.5) is 0 Å². The normalized spacial score (nSPS) is 17.2. The van der Waals surface area contributed by atoms with Gasteiger partial charge in [0, 0.05) is 26.2 Å². The van der Waals surface area contributed by atoms with Crippen LogP contribution in [0.2, 0.25) is 0 Å². The van der Waals surface area contributed by atoms with Crippen LogP contribution in [0, 0.1) is 6.92 Å². The lowest BCUT2D eigenvalue weighted by Gasteiger charge is -2.33. The van der Waals surface area contributed by atoms with Gasteiger partial charge in [0.1, 0.15) is 11.5 Å². The van der Waals surface area contributed by atoms with E-state index in [0.717, 1.165) is 30.0 Å². The number of aryl methyl sites for hydroxylation is 2. The standard InChI is InChI=1S/C18H24N2O3S/c1-3-16-5-8-18(9-6-16)24(21,22)20-12-10-19(11-13-20)14-17-7-4-15(2)23-17/h4-9H,3,10-14H2,1-2H3. The first-order valence-electron chi connectivity index (χ1n) is 8.36. The van der Waals surface area contributed by atoms with Gasteiger partial charge in [0.25, 0.3) is 0 Å². The van der Waals surface area contributed by atoms with Gasteiger partial charge in [-0.05, 0) is 43.2 Å². The van der Waals surface area contributed by atoms with Gasteiger partial charge in [0.05, 0.1) is 11.4 Å². The Morgan fingerprint density at radius 3 is 2.21 bits per heavy atom. The SMILES string of the molecule is CCc1ccc(S(=O)(=O)N2CCN(Cc3ccc(C)o3)CC2)cc1. The Labute approximate surface area is 143 Å². The van der Waals surface area contributed by atoms with Gasteiger partial charge < -0.3 is 4.42 Å². The second-order valence-electron chi connectivity index (χ2n) is 6.19. The molecule has 1 aromatic carbocycles. The molecule has 2 aromatic rings. The van der Waals surface area contributed by atoms with E-state index in [9.17, 15) is 8.42 Å². The molecule has 0 saturated carbocycles. The van der Waals surface area contributed by atoms with E-state index in [0.29, 0.717) is 31.1 Å². The predicted octanol–water partition coefficient (Wildman–Crippen LogP) is 2.66. The minimum atomic E-state index is -3.40. The molecule has 0 N–H and O–H groups in total. The Morgan fingerprint density at radius 2 is 1.67 bits per heavy atom. The van der Waals surface area contributed by atoms with E-state index in [-0.39, 0.29) is 0 Å². The summed E-state index contributed by atoms with van der Waals surface area (Å²) >= 11 is 0. The maximum Gasteiger partial charge on any atom is 0.243 e. The first-order valence-corrected chi connectivity index (χ1v) is 9.80. The summed E-state index contributed by atoms with van der Waals surface area (Å²) in [6.45, 7) is 7.17. The molecule has 1 aromatic heterocycles. The molecule has 0 unspecified atom stereocenters. The first kappa shape index (κ1) is 17.2. The zero-order valence-electron chi connectivity index (χ0n) is 14.2. The van der Waals surface area contributed by atoms with Crippen molar-refractivity contribution in [2.45, 2.75) is 31.7 Å². The van der Waals surface area contributed by atoms with Crippen molar-refractivity contribution >= 4 is 10.0 Å². The Kier molecular flexibility index (Phi) is 5.08. The van der Waals surface area contributed by atoms with Crippen molar-refractivity contribution in [2.24, 2.45) is 0 Å². The quantitative estimate of drug-likeness (QED) is 0.834. The highest BCUT2D eigenvalue weighted by Crippen LogP contribution is 2.19. The number of nitrogens with zero attached hydrogens (tertiary/aromatic N) is 2. The molecule has 130 valence electrons. The third kappa shape index (κ3) is 3.71. The Balaban J connectivity index is 1.62. The lowest BCUT2D eigenvalue weighted by Crippen LogP contribution is -2.48. The number of hydrogen-bond acceptors (Lipinski definition) is 4. The molecule has 2 heterocycles. The molecule has 0 amide bonds. The van der Waals surface area contributed by atoms with Gasteiger partial charge in [-0.25, -0.2) is 8.42 Å². The van der Waals surface area contributed by atoms with Crippen molar-refractivity contribution in [3.63, 3.8) is 0 Å². The Hall–Kier alpha value is -1.63. The fourth-order valence-corrected chi connectivity index (χ4v) is 4.39. The monoisotopic (exact) mass is 348 g/mol. The molecule has 5 nitrogen and oxygen atoms in total. The summed E-state index contributed by atoms with van der Waals surface area (Å²) < 4.78 is 32.7. The number of sulfonamides is 1. The fraction of sp³-hybridized carbons (Fsp3) is 0.444. The third-order valence-electron chi connectivity index (χ3n) is 4.48. The topological polar surface area (TPSA) is 53.8 Å². The Morgan fingerprint density at radius 1 is 1.00 bits per heavy atom. The van der Waals surface area contributed by atoms with Crippen LogP contribution in [0.1, 0.15) is 24.0 Å². The van der Waals surface area contributed by atoms with Gasteiger partial charge >= 0.3 is 0 Å². The molecule has 1 aliphatic heterocycles. The van der Waals surface area contributed by atoms with Crippen LogP contribution in [0.15, 0.2) is 45.7 Å². The molecule has 3 rings (SSSR count). The molecule has 1 aliphatic rings. The van der Waals surface area contributed by atoms with Crippen LogP contribution in [-0.2, 0) is 23.0 Å². The van der Waals surface area contributed by atoms with Crippen LogP contribution in [-0.4, -0.2) is 43.8 Å². The van der Waals surface area contributed by atoms with E-state index in [1.807, 2.05) is 31.2 Å². The summed E-state index contributed by atoms with van der Waals surface area (Å²) in [6.07, 6.45) is 0.908. The van der Waals surface area contributed by atoms with Gasteiger partial charge in [-0.2, -0.15) is 4.31 Å². The molecule has 1 saturated heterocycles. The van der Waals surface area contributed by atoms with Crippen molar-refractivity contribution in [2.75, 3.05) is 26.2 Å². The highest BCUT2D eigenvalue weighted by molar-refractivity contribution is 7.89. The van der Waals surface area contributed by atoms with E-state index in [4.69, 9.17) is 4.42 Å². The molecule has 1 fully saturated rings. The maximum atomic E-state index is 12.7. The van der Waals surface area contributed by atoms with E-state index in [1.54, 1.807) is 16.4 Å². The van der Waals surface area contributed by atoms with Crippen molar-refractivity contribution in [1.82, 2.24) is 9.21 Å². The second kappa shape index (κ2) is 7.09.